The highest BCUT2D eigenvalue weighted by Crippen LogP contribution is 2.18. The lowest BCUT2D eigenvalue weighted by Crippen LogP contribution is -2.22. The number of nitrogens with one attached hydrogen (secondary N) is 1. The summed E-state index contributed by atoms with van der Waals surface area (Å²) in [4.78, 5) is 0. The van der Waals surface area contributed by atoms with Crippen LogP contribution in [0.4, 0.5) is 0 Å². The minimum absolute atomic E-state index is 0.745. The summed E-state index contributed by atoms with van der Waals surface area (Å²) in [7, 11) is 0. The fourth-order valence-electron chi connectivity index (χ4n) is 2.25. The first-order valence-electron chi connectivity index (χ1n) is 7.39. The quantitative estimate of drug-likeness (QED) is 0.776. The van der Waals surface area contributed by atoms with Crippen molar-refractivity contribution >= 4 is 0 Å². The number of ether oxygens (including phenoxy) is 1. The van der Waals surface area contributed by atoms with E-state index in [1.165, 1.54) is 24.0 Å². The average molecular weight is 267 g/mol. The molecule has 104 valence electrons. The Kier molecular flexibility index (Phi) is 4.34. The minimum Gasteiger partial charge on any atom is -0.492 e. The number of rotatable bonds is 7. The molecule has 0 aromatic heterocycles. The standard InChI is InChI=1S/C18H21NO/c1-2-4-15(5-3-1)14-16-6-10-18(11-7-16)20-13-12-19-17-8-9-17/h1-7,10-11,17,19H,8-9,12-14H2. The summed E-state index contributed by atoms with van der Waals surface area (Å²) in [5.41, 5.74) is 2.66. The van der Waals surface area contributed by atoms with E-state index in [4.69, 9.17) is 4.74 Å². The molecule has 0 aliphatic heterocycles. The highest BCUT2D eigenvalue weighted by Gasteiger charge is 2.19. The second-order valence-electron chi connectivity index (χ2n) is 5.38. The third-order valence-electron chi connectivity index (χ3n) is 3.56. The maximum atomic E-state index is 5.73. The third-order valence-corrected chi connectivity index (χ3v) is 3.56. The van der Waals surface area contributed by atoms with Gasteiger partial charge in [-0.3, -0.25) is 0 Å². The first-order valence-corrected chi connectivity index (χ1v) is 7.39. The van der Waals surface area contributed by atoms with Crippen molar-refractivity contribution < 1.29 is 4.74 Å². The van der Waals surface area contributed by atoms with Gasteiger partial charge >= 0.3 is 0 Å². The molecule has 2 aromatic rings. The van der Waals surface area contributed by atoms with Gasteiger partial charge in [-0.05, 0) is 42.5 Å². The minimum atomic E-state index is 0.745. The predicted octanol–water partition coefficient (Wildman–Crippen LogP) is 3.41. The molecule has 2 heteroatoms. The third kappa shape index (κ3) is 4.10. The van der Waals surface area contributed by atoms with Crippen LogP contribution < -0.4 is 10.1 Å². The van der Waals surface area contributed by atoms with Crippen molar-refractivity contribution in [2.45, 2.75) is 25.3 Å². The van der Waals surface area contributed by atoms with Gasteiger partial charge in [-0.2, -0.15) is 0 Å². The van der Waals surface area contributed by atoms with Gasteiger partial charge in [-0.1, -0.05) is 42.5 Å². The van der Waals surface area contributed by atoms with Gasteiger partial charge in [0.05, 0.1) is 0 Å². The molecule has 1 aliphatic rings. The Morgan fingerprint density at radius 3 is 2.30 bits per heavy atom. The van der Waals surface area contributed by atoms with Crippen LogP contribution in [0.1, 0.15) is 24.0 Å². The molecule has 0 amide bonds. The molecule has 1 fully saturated rings. The monoisotopic (exact) mass is 267 g/mol. The van der Waals surface area contributed by atoms with Crippen molar-refractivity contribution in [3.8, 4) is 5.75 Å². The maximum absolute atomic E-state index is 5.73. The van der Waals surface area contributed by atoms with E-state index in [1.807, 2.05) is 0 Å². The summed E-state index contributed by atoms with van der Waals surface area (Å²) < 4.78 is 5.73. The second-order valence-corrected chi connectivity index (χ2v) is 5.38. The lowest BCUT2D eigenvalue weighted by Gasteiger charge is -2.08. The fourth-order valence-corrected chi connectivity index (χ4v) is 2.25. The van der Waals surface area contributed by atoms with Gasteiger partial charge < -0.3 is 10.1 Å². The topological polar surface area (TPSA) is 21.3 Å². The van der Waals surface area contributed by atoms with Gasteiger partial charge in [0, 0.05) is 12.6 Å². The Morgan fingerprint density at radius 1 is 0.900 bits per heavy atom. The van der Waals surface area contributed by atoms with Crippen molar-refractivity contribution in [2.24, 2.45) is 0 Å². The molecule has 0 radical (unpaired) electrons. The van der Waals surface area contributed by atoms with Crippen LogP contribution in [0.15, 0.2) is 54.6 Å². The van der Waals surface area contributed by atoms with E-state index in [9.17, 15) is 0 Å². The van der Waals surface area contributed by atoms with Crippen LogP contribution in [-0.2, 0) is 6.42 Å². The maximum Gasteiger partial charge on any atom is 0.119 e. The molecule has 3 rings (SSSR count). The van der Waals surface area contributed by atoms with Gasteiger partial charge in [0.1, 0.15) is 12.4 Å². The zero-order valence-corrected chi connectivity index (χ0v) is 11.7. The molecule has 1 N–H and O–H groups in total. The fraction of sp³-hybridized carbons (Fsp3) is 0.333. The van der Waals surface area contributed by atoms with Crippen molar-refractivity contribution in [3.05, 3.63) is 65.7 Å². The predicted molar refractivity (Wildman–Crippen MR) is 82.2 cm³/mol. The molecular weight excluding hydrogens is 246 g/mol. The summed E-state index contributed by atoms with van der Waals surface area (Å²) in [5, 5.41) is 3.45. The first-order chi connectivity index (χ1) is 9.90. The van der Waals surface area contributed by atoms with Crippen LogP contribution in [-0.4, -0.2) is 19.2 Å². The normalized spacial score (nSPS) is 14.2. The molecule has 0 heterocycles. The summed E-state index contributed by atoms with van der Waals surface area (Å²) >= 11 is 0. The number of hydrogen-bond acceptors (Lipinski definition) is 2. The van der Waals surface area contributed by atoms with Crippen LogP contribution in [0.25, 0.3) is 0 Å². The largest absolute Gasteiger partial charge is 0.492 e. The van der Waals surface area contributed by atoms with Crippen LogP contribution in [0.2, 0.25) is 0 Å². The van der Waals surface area contributed by atoms with Crippen molar-refractivity contribution in [1.29, 1.82) is 0 Å². The molecule has 0 bridgehead atoms. The van der Waals surface area contributed by atoms with Gasteiger partial charge in [0.2, 0.25) is 0 Å². The Labute approximate surface area is 120 Å². The van der Waals surface area contributed by atoms with E-state index in [2.05, 4.69) is 59.9 Å². The molecule has 1 aliphatic carbocycles. The van der Waals surface area contributed by atoms with E-state index >= 15 is 0 Å². The van der Waals surface area contributed by atoms with Gasteiger partial charge in [0.15, 0.2) is 0 Å². The highest BCUT2D eigenvalue weighted by atomic mass is 16.5. The molecule has 20 heavy (non-hydrogen) atoms. The summed E-state index contributed by atoms with van der Waals surface area (Å²) in [5.74, 6) is 0.958. The van der Waals surface area contributed by atoms with Crippen LogP contribution >= 0.6 is 0 Å². The SMILES string of the molecule is c1ccc(Cc2ccc(OCCNC3CC3)cc2)cc1. The zero-order valence-electron chi connectivity index (χ0n) is 11.7. The molecule has 2 nitrogen and oxygen atoms in total. The molecular formula is C18H21NO. The lowest BCUT2D eigenvalue weighted by molar-refractivity contribution is 0.313. The summed E-state index contributed by atoms with van der Waals surface area (Å²) in [6, 6.07) is 19.7. The number of benzene rings is 2. The number of hydrogen-bond donors (Lipinski definition) is 1. The lowest BCUT2D eigenvalue weighted by atomic mass is 10.1. The molecule has 2 aromatic carbocycles. The Morgan fingerprint density at radius 2 is 1.60 bits per heavy atom. The highest BCUT2D eigenvalue weighted by molar-refractivity contribution is 5.31. The molecule has 0 saturated heterocycles. The van der Waals surface area contributed by atoms with Gasteiger partial charge in [-0.15, -0.1) is 0 Å². The first kappa shape index (κ1) is 13.2. The van der Waals surface area contributed by atoms with E-state index in [0.717, 1.165) is 31.4 Å². The summed E-state index contributed by atoms with van der Waals surface area (Å²) in [6.07, 6.45) is 3.63. The van der Waals surface area contributed by atoms with Crippen molar-refractivity contribution in [3.63, 3.8) is 0 Å². The van der Waals surface area contributed by atoms with E-state index in [0.29, 0.717) is 0 Å². The Balaban J connectivity index is 1.46. The molecule has 0 unspecified atom stereocenters. The molecule has 0 atom stereocenters. The second kappa shape index (κ2) is 6.58. The smallest absolute Gasteiger partial charge is 0.119 e. The van der Waals surface area contributed by atoms with Crippen LogP contribution in [0, 0.1) is 0 Å². The van der Waals surface area contributed by atoms with E-state index < -0.39 is 0 Å². The Bertz CT molecular complexity index is 517. The molecule has 0 spiro atoms. The van der Waals surface area contributed by atoms with Crippen LogP contribution in [0.5, 0.6) is 5.75 Å². The van der Waals surface area contributed by atoms with E-state index in [-0.39, 0.29) is 0 Å². The van der Waals surface area contributed by atoms with E-state index in [1.54, 1.807) is 0 Å². The van der Waals surface area contributed by atoms with Crippen molar-refractivity contribution in [2.75, 3.05) is 13.2 Å². The average Bonchev–Trinajstić information content (AvgIpc) is 3.31. The van der Waals surface area contributed by atoms with Gasteiger partial charge in [-0.25, -0.2) is 0 Å². The van der Waals surface area contributed by atoms with Crippen molar-refractivity contribution in [1.82, 2.24) is 5.32 Å². The van der Waals surface area contributed by atoms with Crippen LogP contribution in [0.3, 0.4) is 0 Å². The zero-order chi connectivity index (χ0) is 13.6. The summed E-state index contributed by atoms with van der Waals surface area (Å²) in [6.45, 7) is 1.69. The molecule has 1 saturated carbocycles. The van der Waals surface area contributed by atoms with Gasteiger partial charge in [0.25, 0.3) is 0 Å². The Hall–Kier alpha value is -1.80.